The summed E-state index contributed by atoms with van der Waals surface area (Å²) >= 11 is 7.43. The van der Waals surface area contributed by atoms with E-state index in [4.69, 9.17) is 35.3 Å². The van der Waals surface area contributed by atoms with Gasteiger partial charge < -0.3 is 23.7 Å². The molecular formula is C23H29ClN4O10S. The topological polar surface area (TPSA) is 175 Å². The Kier molecular flexibility index (Phi) is 11.9. The average molecular weight is 589 g/mol. The van der Waals surface area contributed by atoms with E-state index in [0.29, 0.717) is 5.75 Å². The molecule has 2 aromatic heterocycles. The maximum atomic E-state index is 12.3. The number of fused-ring (bicyclic) bond motifs is 1. The molecule has 2 heterocycles. The standard InChI is InChI=1S/C23H29ClN4O10S/c1-7-39-23(28-10-27-17-21(24)25-9-26-22(17)28)20(38-15(6)33)19(37-14(5)32)18(36-13(4)31)16(35-12(3)30)8-34-11(2)29/h9-10,16,18-20,23H,7-8H2,1-6H3. The van der Waals surface area contributed by atoms with Gasteiger partial charge in [0.25, 0.3) is 0 Å². The first-order valence-corrected chi connectivity index (χ1v) is 13.0. The van der Waals surface area contributed by atoms with Crippen molar-refractivity contribution in [2.75, 3.05) is 12.4 Å². The van der Waals surface area contributed by atoms with Gasteiger partial charge in [0.1, 0.15) is 23.8 Å². The number of ether oxygens (including phenoxy) is 5. The van der Waals surface area contributed by atoms with Crippen molar-refractivity contribution in [1.29, 1.82) is 0 Å². The van der Waals surface area contributed by atoms with Gasteiger partial charge >= 0.3 is 29.8 Å². The van der Waals surface area contributed by atoms with Gasteiger partial charge in [-0.15, -0.1) is 11.8 Å². The molecule has 0 aromatic carbocycles. The molecule has 0 spiro atoms. The highest BCUT2D eigenvalue weighted by atomic mass is 35.5. The third-order valence-electron chi connectivity index (χ3n) is 4.90. The van der Waals surface area contributed by atoms with Crippen molar-refractivity contribution < 1.29 is 47.7 Å². The minimum Gasteiger partial charge on any atom is -0.462 e. The minimum absolute atomic E-state index is 0.0775. The summed E-state index contributed by atoms with van der Waals surface area (Å²) in [6.07, 6.45) is -3.34. The Morgan fingerprint density at radius 2 is 1.38 bits per heavy atom. The van der Waals surface area contributed by atoms with Gasteiger partial charge in [0.15, 0.2) is 35.2 Å². The number of halogens is 1. The van der Waals surface area contributed by atoms with Gasteiger partial charge in [-0.05, 0) is 5.75 Å². The number of carbonyl (C=O) groups excluding carboxylic acids is 5. The molecule has 0 radical (unpaired) electrons. The van der Waals surface area contributed by atoms with Crippen LogP contribution in [0.5, 0.6) is 0 Å². The summed E-state index contributed by atoms with van der Waals surface area (Å²) in [7, 11) is 0. The van der Waals surface area contributed by atoms with Crippen molar-refractivity contribution in [3.8, 4) is 0 Å². The first kappa shape index (κ1) is 31.8. The van der Waals surface area contributed by atoms with Crippen LogP contribution in [0.4, 0.5) is 0 Å². The quantitative estimate of drug-likeness (QED) is 0.189. The van der Waals surface area contributed by atoms with Gasteiger partial charge in [-0.3, -0.25) is 28.5 Å². The second kappa shape index (κ2) is 14.6. The third kappa shape index (κ3) is 9.06. The first-order chi connectivity index (χ1) is 18.3. The number of thioether (sulfide) groups is 1. The fraction of sp³-hybridized carbons (Fsp3) is 0.565. The zero-order valence-corrected chi connectivity index (χ0v) is 23.7. The Labute approximate surface area is 233 Å². The lowest BCUT2D eigenvalue weighted by Crippen LogP contribution is -2.54. The van der Waals surface area contributed by atoms with E-state index in [2.05, 4.69) is 15.0 Å². The molecule has 5 unspecified atom stereocenters. The summed E-state index contributed by atoms with van der Waals surface area (Å²) in [5.41, 5.74) is 0.538. The van der Waals surface area contributed by atoms with E-state index in [1.54, 1.807) is 4.57 Å². The molecule has 39 heavy (non-hydrogen) atoms. The molecule has 0 N–H and O–H groups in total. The number of nitrogens with zero attached hydrogens (tertiary/aromatic N) is 4. The predicted octanol–water partition coefficient (Wildman–Crippen LogP) is 2.02. The molecule has 2 rings (SSSR count). The van der Waals surface area contributed by atoms with Crippen LogP contribution in [0.15, 0.2) is 12.7 Å². The zero-order chi connectivity index (χ0) is 29.3. The molecule has 14 nitrogen and oxygen atoms in total. The first-order valence-electron chi connectivity index (χ1n) is 11.6. The van der Waals surface area contributed by atoms with Crippen LogP contribution in [0.3, 0.4) is 0 Å². The lowest BCUT2D eigenvalue weighted by molar-refractivity contribution is -0.203. The van der Waals surface area contributed by atoms with Crippen molar-refractivity contribution in [2.45, 2.75) is 71.3 Å². The number of carbonyl (C=O) groups is 5. The van der Waals surface area contributed by atoms with Crippen LogP contribution in [0.25, 0.3) is 11.2 Å². The molecule has 0 aliphatic carbocycles. The van der Waals surface area contributed by atoms with Gasteiger partial charge in [-0.1, -0.05) is 18.5 Å². The molecule has 5 atom stereocenters. The molecule has 0 aliphatic rings. The smallest absolute Gasteiger partial charge is 0.303 e. The van der Waals surface area contributed by atoms with Gasteiger partial charge in [-0.2, -0.15) is 0 Å². The molecule has 16 heteroatoms. The van der Waals surface area contributed by atoms with Gasteiger partial charge in [0.05, 0.1) is 6.33 Å². The lowest BCUT2D eigenvalue weighted by Gasteiger charge is -2.38. The van der Waals surface area contributed by atoms with E-state index in [-0.39, 0.29) is 16.3 Å². The van der Waals surface area contributed by atoms with Gasteiger partial charge in [-0.25, -0.2) is 15.0 Å². The Bertz CT molecular complexity index is 1210. The van der Waals surface area contributed by atoms with Crippen molar-refractivity contribution in [3.05, 3.63) is 17.8 Å². The lowest BCUT2D eigenvalue weighted by atomic mass is 10.0. The predicted molar refractivity (Wildman–Crippen MR) is 136 cm³/mol. The average Bonchev–Trinajstić information content (AvgIpc) is 3.26. The molecule has 0 amide bonds. The van der Waals surface area contributed by atoms with Crippen LogP contribution in [0, 0.1) is 0 Å². The van der Waals surface area contributed by atoms with E-state index in [9.17, 15) is 24.0 Å². The van der Waals surface area contributed by atoms with Crippen LogP contribution < -0.4 is 0 Å². The fourth-order valence-corrected chi connectivity index (χ4v) is 4.89. The second-order valence-corrected chi connectivity index (χ2v) is 9.76. The van der Waals surface area contributed by atoms with Crippen LogP contribution in [0.2, 0.25) is 5.15 Å². The molecule has 0 aliphatic heterocycles. The van der Waals surface area contributed by atoms with Crippen LogP contribution in [-0.4, -0.2) is 86.1 Å². The molecule has 0 fully saturated rings. The zero-order valence-electron chi connectivity index (χ0n) is 22.1. The molecule has 2 aromatic rings. The Balaban J connectivity index is 2.76. The molecule has 0 bridgehead atoms. The highest BCUT2D eigenvalue weighted by molar-refractivity contribution is 7.99. The largest absolute Gasteiger partial charge is 0.462 e. The summed E-state index contributed by atoms with van der Waals surface area (Å²) < 4.78 is 28.6. The van der Waals surface area contributed by atoms with Gasteiger partial charge in [0, 0.05) is 34.6 Å². The minimum atomic E-state index is -1.58. The summed E-state index contributed by atoms with van der Waals surface area (Å²) in [6.45, 7) is 6.80. The number of hydrogen-bond acceptors (Lipinski definition) is 14. The number of hydrogen-bond donors (Lipinski definition) is 0. The maximum Gasteiger partial charge on any atom is 0.303 e. The Morgan fingerprint density at radius 1 is 0.821 bits per heavy atom. The SMILES string of the molecule is CCSC(C(OC(C)=O)C(OC(C)=O)C(OC(C)=O)C(COC(C)=O)OC(C)=O)n1cnc2c(Cl)ncnc21. The summed E-state index contributed by atoms with van der Waals surface area (Å²) in [5.74, 6) is -3.49. The number of aromatic nitrogens is 4. The van der Waals surface area contributed by atoms with E-state index >= 15 is 0 Å². The molecule has 214 valence electrons. The summed E-state index contributed by atoms with van der Waals surface area (Å²) in [4.78, 5) is 72.7. The van der Waals surface area contributed by atoms with Crippen molar-refractivity contribution >= 4 is 64.4 Å². The number of imidazole rings is 1. The summed E-state index contributed by atoms with van der Waals surface area (Å²) in [5, 5.41) is -0.808. The summed E-state index contributed by atoms with van der Waals surface area (Å²) in [6, 6.07) is 0. The van der Waals surface area contributed by atoms with Crippen molar-refractivity contribution in [1.82, 2.24) is 19.5 Å². The number of esters is 5. The second-order valence-electron chi connectivity index (χ2n) is 8.01. The van der Waals surface area contributed by atoms with Crippen LogP contribution in [0.1, 0.15) is 46.9 Å². The van der Waals surface area contributed by atoms with Crippen LogP contribution >= 0.6 is 23.4 Å². The molecule has 0 saturated carbocycles. The van der Waals surface area contributed by atoms with E-state index in [1.807, 2.05) is 6.92 Å². The molecular weight excluding hydrogens is 560 g/mol. The Morgan fingerprint density at radius 3 is 1.92 bits per heavy atom. The maximum absolute atomic E-state index is 12.3. The molecule has 0 saturated heterocycles. The van der Waals surface area contributed by atoms with E-state index < -0.39 is 66.2 Å². The third-order valence-corrected chi connectivity index (χ3v) is 6.34. The van der Waals surface area contributed by atoms with Crippen molar-refractivity contribution in [3.63, 3.8) is 0 Å². The number of rotatable bonds is 13. The monoisotopic (exact) mass is 588 g/mol. The van der Waals surface area contributed by atoms with E-state index in [0.717, 1.165) is 34.6 Å². The van der Waals surface area contributed by atoms with Crippen LogP contribution in [-0.2, 0) is 47.7 Å². The normalized spacial score (nSPS) is 14.8. The van der Waals surface area contributed by atoms with Gasteiger partial charge in [0.2, 0.25) is 0 Å². The Hall–Kier alpha value is -3.46. The highest BCUT2D eigenvalue weighted by Crippen LogP contribution is 2.36. The highest BCUT2D eigenvalue weighted by Gasteiger charge is 2.47. The van der Waals surface area contributed by atoms with Crippen molar-refractivity contribution in [2.24, 2.45) is 0 Å². The van der Waals surface area contributed by atoms with E-state index in [1.165, 1.54) is 24.4 Å². The fourth-order valence-electron chi connectivity index (χ4n) is 3.66.